The SMILES string of the molecule is COc1ccc(N2C(=O)c3cccnc3C2Nc2ccc([N+](=O)[O-])cc2OC)cc1. The van der Waals surface area contributed by atoms with Gasteiger partial charge in [0.1, 0.15) is 11.5 Å². The van der Waals surface area contributed by atoms with Crippen LogP contribution in [0.15, 0.2) is 60.8 Å². The Morgan fingerprint density at radius 2 is 1.87 bits per heavy atom. The monoisotopic (exact) mass is 406 g/mol. The molecular formula is C21H18N4O5. The Hall–Kier alpha value is -4.14. The van der Waals surface area contributed by atoms with E-state index < -0.39 is 11.1 Å². The molecule has 1 aromatic heterocycles. The largest absolute Gasteiger partial charge is 0.497 e. The Bertz CT molecular complexity index is 1120. The molecule has 3 aromatic rings. The highest BCUT2D eigenvalue weighted by Crippen LogP contribution is 2.39. The molecule has 30 heavy (non-hydrogen) atoms. The quantitative estimate of drug-likeness (QED) is 0.490. The van der Waals surface area contributed by atoms with Crippen LogP contribution < -0.4 is 19.7 Å². The molecule has 1 unspecified atom stereocenters. The summed E-state index contributed by atoms with van der Waals surface area (Å²) in [5.74, 6) is 0.750. The van der Waals surface area contributed by atoms with E-state index in [9.17, 15) is 14.9 Å². The lowest BCUT2D eigenvalue weighted by molar-refractivity contribution is -0.384. The minimum atomic E-state index is -0.627. The third-order valence-corrected chi connectivity index (χ3v) is 4.84. The molecule has 2 aromatic carbocycles. The topological polar surface area (TPSA) is 107 Å². The number of pyridine rings is 1. The van der Waals surface area contributed by atoms with Gasteiger partial charge < -0.3 is 14.8 Å². The Kier molecular flexibility index (Phi) is 4.93. The van der Waals surface area contributed by atoms with E-state index in [0.717, 1.165) is 0 Å². The predicted octanol–water partition coefficient (Wildman–Crippen LogP) is 3.78. The molecule has 1 N–H and O–H groups in total. The zero-order valence-corrected chi connectivity index (χ0v) is 16.2. The van der Waals surface area contributed by atoms with Crippen LogP contribution in [0.3, 0.4) is 0 Å². The summed E-state index contributed by atoms with van der Waals surface area (Å²) in [6.07, 6.45) is 0.989. The van der Waals surface area contributed by atoms with Gasteiger partial charge in [-0.2, -0.15) is 0 Å². The van der Waals surface area contributed by atoms with Crippen molar-refractivity contribution in [3.05, 3.63) is 82.2 Å². The van der Waals surface area contributed by atoms with Crippen LogP contribution in [0.25, 0.3) is 0 Å². The third kappa shape index (κ3) is 3.26. The molecule has 2 heterocycles. The van der Waals surface area contributed by atoms with Crippen molar-refractivity contribution in [2.24, 2.45) is 0 Å². The smallest absolute Gasteiger partial charge is 0.273 e. The first-order valence-electron chi connectivity index (χ1n) is 9.05. The van der Waals surface area contributed by atoms with Crippen molar-refractivity contribution in [1.29, 1.82) is 0 Å². The number of benzene rings is 2. The summed E-state index contributed by atoms with van der Waals surface area (Å²) in [5.41, 5.74) is 2.09. The minimum Gasteiger partial charge on any atom is -0.497 e. The molecule has 9 nitrogen and oxygen atoms in total. The molecule has 0 spiro atoms. The number of aromatic nitrogens is 1. The molecule has 0 radical (unpaired) electrons. The molecule has 9 heteroatoms. The van der Waals surface area contributed by atoms with Crippen LogP contribution in [-0.2, 0) is 0 Å². The molecule has 1 amide bonds. The number of nitro groups is 1. The van der Waals surface area contributed by atoms with Crippen molar-refractivity contribution in [1.82, 2.24) is 4.98 Å². The second kappa shape index (κ2) is 7.70. The molecule has 0 saturated carbocycles. The van der Waals surface area contributed by atoms with Gasteiger partial charge >= 0.3 is 0 Å². The number of anilines is 2. The van der Waals surface area contributed by atoms with E-state index in [-0.39, 0.29) is 17.3 Å². The van der Waals surface area contributed by atoms with Crippen LogP contribution in [0.5, 0.6) is 11.5 Å². The number of carbonyl (C=O) groups excluding carboxylic acids is 1. The highest BCUT2D eigenvalue weighted by Gasteiger charge is 2.39. The van der Waals surface area contributed by atoms with Gasteiger partial charge in [0, 0.05) is 18.0 Å². The molecule has 0 saturated heterocycles. The lowest BCUT2D eigenvalue weighted by Crippen LogP contribution is -2.32. The summed E-state index contributed by atoms with van der Waals surface area (Å²) in [5, 5.41) is 14.3. The first-order valence-corrected chi connectivity index (χ1v) is 9.05. The fourth-order valence-corrected chi connectivity index (χ4v) is 3.39. The van der Waals surface area contributed by atoms with Gasteiger partial charge in [-0.3, -0.25) is 24.8 Å². The first-order chi connectivity index (χ1) is 14.5. The predicted molar refractivity (Wildman–Crippen MR) is 110 cm³/mol. The standard InChI is InChI=1S/C21H18N4O5/c1-29-15-8-5-13(6-9-15)24-20(19-16(21(24)26)4-3-11-22-19)23-17-10-7-14(25(27)28)12-18(17)30-2/h3-12,20,23H,1-2H3. The maximum Gasteiger partial charge on any atom is 0.273 e. The lowest BCUT2D eigenvalue weighted by Gasteiger charge is -2.27. The number of amides is 1. The summed E-state index contributed by atoms with van der Waals surface area (Å²) in [7, 11) is 3.00. The summed E-state index contributed by atoms with van der Waals surface area (Å²) in [4.78, 5) is 29.7. The van der Waals surface area contributed by atoms with Crippen molar-refractivity contribution in [3.8, 4) is 11.5 Å². The van der Waals surface area contributed by atoms with E-state index in [1.54, 1.807) is 60.7 Å². The van der Waals surface area contributed by atoms with Gasteiger partial charge in [-0.05, 0) is 42.5 Å². The van der Waals surface area contributed by atoms with E-state index in [2.05, 4.69) is 10.3 Å². The second-order valence-electron chi connectivity index (χ2n) is 6.50. The van der Waals surface area contributed by atoms with E-state index in [1.807, 2.05) is 0 Å². The first kappa shape index (κ1) is 19.2. The highest BCUT2D eigenvalue weighted by molar-refractivity contribution is 6.11. The summed E-state index contributed by atoms with van der Waals surface area (Å²) >= 11 is 0. The second-order valence-corrected chi connectivity index (χ2v) is 6.50. The Balaban J connectivity index is 1.76. The fraction of sp³-hybridized carbons (Fsp3) is 0.143. The summed E-state index contributed by atoms with van der Waals surface area (Å²) < 4.78 is 10.5. The summed E-state index contributed by atoms with van der Waals surface area (Å²) in [6.45, 7) is 0. The van der Waals surface area contributed by atoms with Gasteiger partial charge in [-0.25, -0.2) is 0 Å². The third-order valence-electron chi connectivity index (χ3n) is 4.84. The number of carbonyl (C=O) groups is 1. The van der Waals surface area contributed by atoms with E-state index in [0.29, 0.717) is 28.4 Å². The molecular weight excluding hydrogens is 388 g/mol. The van der Waals surface area contributed by atoms with Gasteiger partial charge in [-0.1, -0.05) is 0 Å². The molecule has 152 valence electrons. The molecule has 0 aliphatic carbocycles. The number of non-ortho nitro benzene ring substituents is 1. The molecule has 0 bridgehead atoms. The van der Waals surface area contributed by atoms with Crippen molar-refractivity contribution < 1.29 is 19.2 Å². The number of fused-ring (bicyclic) bond motifs is 1. The van der Waals surface area contributed by atoms with Crippen LogP contribution in [0.1, 0.15) is 22.2 Å². The molecule has 0 fully saturated rings. The number of nitro benzene ring substituents is 1. The lowest BCUT2D eigenvalue weighted by atomic mass is 10.2. The van der Waals surface area contributed by atoms with Crippen molar-refractivity contribution in [2.45, 2.75) is 6.17 Å². The van der Waals surface area contributed by atoms with Crippen molar-refractivity contribution >= 4 is 23.0 Å². The van der Waals surface area contributed by atoms with E-state index in [4.69, 9.17) is 9.47 Å². The maximum atomic E-state index is 13.1. The molecule has 1 aliphatic rings. The number of nitrogens with zero attached hydrogens (tertiary/aromatic N) is 3. The average molecular weight is 406 g/mol. The Morgan fingerprint density at radius 1 is 1.10 bits per heavy atom. The number of ether oxygens (including phenoxy) is 2. The van der Waals surface area contributed by atoms with Crippen LogP contribution in [0.2, 0.25) is 0 Å². The van der Waals surface area contributed by atoms with Crippen molar-refractivity contribution in [2.75, 3.05) is 24.4 Å². The van der Waals surface area contributed by atoms with Gasteiger partial charge in [0.15, 0.2) is 6.17 Å². The minimum absolute atomic E-state index is 0.0922. The number of methoxy groups -OCH3 is 2. The maximum absolute atomic E-state index is 13.1. The number of hydrogen-bond donors (Lipinski definition) is 1. The van der Waals surface area contributed by atoms with Gasteiger partial charge in [0.25, 0.3) is 11.6 Å². The van der Waals surface area contributed by atoms with E-state index >= 15 is 0 Å². The highest BCUT2D eigenvalue weighted by atomic mass is 16.6. The fourth-order valence-electron chi connectivity index (χ4n) is 3.39. The van der Waals surface area contributed by atoms with Crippen LogP contribution in [0.4, 0.5) is 17.1 Å². The normalized spacial score (nSPS) is 14.9. The Morgan fingerprint density at radius 3 is 2.53 bits per heavy atom. The number of hydrogen-bond acceptors (Lipinski definition) is 7. The van der Waals surface area contributed by atoms with Crippen LogP contribution in [0, 0.1) is 10.1 Å². The molecule has 1 aliphatic heterocycles. The van der Waals surface area contributed by atoms with Crippen molar-refractivity contribution in [3.63, 3.8) is 0 Å². The van der Waals surface area contributed by atoms with Gasteiger partial charge in [-0.15, -0.1) is 0 Å². The zero-order valence-electron chi connectivity index (χ0n) is 16.2. The number of nitrogens with one attached hydrogen (secondary N) is 1. The average Bonchev–Trinajstić information content (AvgIpc) is 3.05. The summed E-state index contributed by atoms with van der Waals surface area (Å²) in [6, 6.07) is 14.8. The van der Waals surface area contributed by atoms with Gasteiger partial charge in [0.2, 0.25) is 0 Å². The number of rotatable bonds is 6. The van der Waals surface area contributed by atoms with Crippen LogP contribution in [-0.4, -0.2) is 30.0 Å². The van der Waals surface area contributed by atoms with E-state index in [1.165, 1.54) is 19.2 Å². The molecule has 1 atom stereocenters. The van der Waals surface area contributed by atoms with Gasteiger partial charge in [0.05, 0.1) is 42.2 Å². The molecule has 4 rings (SSSR count). The Labute approximate surface area is 172 Å². The zero-order chi connectivity index (χ0) is 21.3. The van der Waals surface area contributed by atoms with Crippen LogP contribution >= 0.6 is 0 Å².